The van der Waals surface area contributed by atoms with Crippen LogP contribution in [-0.2, 0) is 6.56 Å². The molecule has 4 nitrogen and oxygen atoms in total. The van der Waals surface area contributed by atoms with Crippen molar-refractivity contribution in [3.63, 3.8) is 0 Å². The summed E-state index contributed by atoms with van der Waals surface area (Å²) in [5.41, 5.74) is 0.0119. The molecule has 0 aliphatic carbocycles. The van der Waals surface area contributed by atoms with E-state index in [0.717, 1.165) is 4.68 Å². The Morgan fingerprint density at radius 2 is 2.38 bits per heavy atom. The number of benzene rings is 1. The van der Waals surface area contributed by atoms with E-state index >= 15 is 0 Å². The van der Waals surface area contributed by atoms with Crippen LogP contribution in [0.15, 0.2) is 22.7 Å². The fourth-order valence-corrected chi connectivity index (χ4v) is 1.67. The van der Waals surface area contributed by atoms with Crippen molar-refractivity contribution in [3.8, 4) is 5.69 Å². The number of hydrogen-bond acceptors (Lipinski definition) is 3. The zero-order valence-corrected chi connectivity index (χ0v) is 9.86. The van der Waals surface area contributed by atoms with Crippen molar-refractivity contribution >= 4 is 15.9 Å². The fourth-order valence-electron chi connectivity index (χ4n) is 1.31. The third kappa shape index (κ3) is 1.85. The molecule has 0 unspecified atom stereocenters. The van der Waals surface area contributed by atoms with Gasteiger partial charge in [0.15, 0.2) is 11.6 Å². The Morgan fingerprint density at radius 3 is 3.06 bits per heavy atom. The summed E-state index contributed by atoms with van der Waals surface area (Å²) in [5.74, 6) is -0.729. The summed E-state index contributed by atoms with van der Waals surface area (Å²) in [7, 11) is 0. The lowest BCUT2D eigenvalue weighted by molar-refractivity contribution is 0.268. The van der Waals surface area contributed by atoms with Crippen LogP contribution in [0.4, 0.5) is 4.39 Å². The summed E-state index contributed by atoms with van der Waals surface area (Å²) in [4.78, 5) is 3.77. The van der Waals surface area contributed by atoms with Crippen LogP contribution in [0.25, 0.3) is 5.69 Å². The van der Waals surface area contributed by atoms with Gasteiger partial charge in [-0.1, -0.05) is 6.07 Å². The van der Waals surface area contributed by atoms with E-state index in [2.05, 4.69) is 26.0 Å². The molecule has 16 heavy (non-hydrogen) atoms. The second-order valence-corrected chi connectivity index (χ2v) is 3.93. The maximum Gasteiger partial charge on any atom is 0.163 e. The molecule has 1 heterocycles. The molecule has 0 saturated carbocycles. The van der Waals surface area contributed by atoms with Crippen LogP contribution >= 0.6 is 15.9 Å². The van der Waals surface area contributed by atoms with Crippen molar-refractivity contribution in [3.05, 3.63) is 40.1 Å². The van der Waals surface area contributed by atoms with Gasteiger partial charge in [0.2, 0.25) is 0 Å². The van der Waals surface area contributed by atoms with E-state index in [9.17, 15) is 9.50 Å². The first kappa shape index (κ1) is 8.83. The van der Waals surface area contributed by atoms with Crippen LogP contribution in [0.2, 0.25) is 0 Å². The maximum atomic E-state index is 13.9. The van der Waals surface area contributed by atoms with Crippen LogP contribution in [0.3, 0.4) is 0 Å². The predicted molar refractivity (Wildman–Crippen MR) is 59.7 cm³/mol. The molecule has 6 heteroatoms. The average molecular weight is 288 g/mol. The molecule has 0 atom stereocenters. The molecule has 1 aromatic heterocycles. The molecule has 2 aromatic rings. The zero-order chi connectivity index (χ0) is 13.5. The van der Waals surface area contributed by atoms with Crippen LogP contribution < -0.4 is 0 Å². The first-order valence-electron chi connectivity index (χ1n) is 5.41. The third-order valence-electron chi connectivity index (χ3n) is 1.97. The largest absolute Gasteiger partial charge is 0.388 e. The van der Waals surface area contributed by atoms with Gasteiger partial charge >= 0.3 is 0 Å². The highest BCUT2D eigenvalue weighted by atomic mass is 79.9. The topological polar surface area (TPSA) is 50.9 Å². The molecule has 0 saturated heterocycles. The lowest BCUT2D eigenvalue weighted by Crippen LogP contribution is -2.05. The minimum absolute atomic E-state index is 0.0119. The Kier molecular flexibility index (Phi) is 2.38. The van der Waals surface area contributed by atoms with Crippen LogP contribution in [0.1, 0.15) is 14.4 Å². The number of aromatic nitrogens is 3. The molecular formula is C10H9BrFN3O. The van der Waals surface area contributed by atoms with Crippen molar-refractivity contribution in [2.75, 3.05) is 0 Å². The van der Waals surface area contributed by atoms with Gasteiger partial charge < -0.3 is 5.11 Å². The highest BCUT2D eigenvalue weighted by molar-refractivity contribution is 9.10. The molecule has 0 aliphatic rings. The Hall–Kier alpha value is -1.27. The van der Waals surface area contributed by atoms with E-state index in [1.165, 1.54) is 19.1 Å². The lowest BCUT2D eigenvalue weighted by atomic mass is 10.3. The van der Waals surface area contributed by atoms with E-state index in [1.54, 1.807) is 6.07 Å². The minimum Gasteiger partial charge on any atom is -0.388 e. The number of aryl methyl sites for hydroxylation is 1. The van der Waals surface area contributed by atoms with Gasteiger partial charge in [-0.15, -0.1) is 0 Å². The molecule has 0 aliphatic heterocycles. The molecule has 0 amide bonds. The molecular weight excluding hydrogens is 277 g/mol. The van der Waals surface area contributed by atoms with E-state index in [-0.39, 0.29) is 21.8 Å². The summed E-state index contributed by atoms with van der Waals surface area (Å²) in [6.07, 6.45) is 0. The van der Waals surface area contributed by atoms with Gasteiger partial charge in [-0.05, 0) is 35.0 Å². The van der Waals surface area contributed by atoms with Gasteiger partial charge in [0.25, 0.3) is 0 Å². The van der Waals surface area contributed by atoms with E-state index in [0.29, 0.717) is 0 Å². The van der Waals surface area contributed by atoms with Crippen molar-refractivity contribution < 1.29 is 12.2 Å². The molecule has 0 radical (unpaired) electrons. The summed E-state index contributed by atoms with van der Waals surface area (Å²) in [5, 5.41) is 13.3. The molecule has 1 N–H and O–H groups in total. The average Bonchev–Trinajstić information content (AvgIpc) is 2.64. The predicted octanol–water partition coefficient (Wildman–Crippen LogP) is 1.97. The highest BCUT2D eigenvalue weighted by Gasteiger charge is 2.13. The number of halogens is 2. The first-order valence-corrected chi connectivity index (χ1v) is 5.21. The monoisotopic (exact) mass is 287 g/mol. The second kappa shape index (κ2) is 4.31. The molecule has 0 bridgehead atoms. The summed E-state index contributed by atoms with van der Waals surface area (Å²) < 4.78 is 29.6. The Morgan fingerprint density at radius 1 is 1.62 bits per heavy atom. The Balaban J connectivity index is 2.68. The molecule has 1 aromatic carbocycles. The van der Waals surface area contributed by atoms with Crippen LogP contribution in [-0.4, -0.2) is 19.9 Å². The molecule has 0 spiro atoms. The van der Waals surface area contributed by atoms with E-state index < -0.39 is 12.4 Å². The normalized spacial score (nSPS) is 13.5. The van der Waals surface area contributed by atoms with Crippen molar-refractivity contribution in [2.24, 2.45) is 0 Å². The highest BCUT2D eigenvalue weighted by Crippen LogP contribution is 2.22. The summed E-state index contributed by atoms with van der Waals surface area (Å²) >= 11 is 3.03. The summed E-state index contributed by atoms with van der Waals surface area (Å²) in [6, 6.07) is 4.51. The number of hydrogen-bond donors (Lipinski definition) is 1. The van der Waals surface area contributed by atoms with Crippen molar-refractivity contribution in [1.82, 2.24) is 14.8 Å². The maximum absolute atomic E-state index is 13.9. The second-order valence-electron chi connectivity index (χ2n) is 3.08. The zero-order valence-electron chi connectivity index (χ0n) is 10.3. The van der Waals surface area contributed by atoms with Gasteiger partial charge in [0, 0.05) is 0 Å². The van der Waals surface area contributed by atoms with E-state index in [1.807, 2.05) is 0 Å². The van der Waals surface area contributed by atoms with E-state index in [4.69, 9.17) is 2.74 Å². The van der Waals surface area contributed by atoms with Gasteiger partial charge in [-0.3, -0.25) is 0 Å². The SMILES string of the molecule is [2H]C([2H])(O)c1nc(C)nn1-c1cccc(Br)c1F. The molecule has 2 rings (SSSR count). The van der Waals surface area contributed by atoms with Crippen LogP contribution in [0.5, 0.6) is 0 Å². The Bertz CT molecular complexity index is 597. The number of rotatable bonds is 2. The van der Waals surface area contributed by atoms with Gasteiger partial charge in [-0.2, -0.15) is 5.10 Å². The fraction of sp³-hybridized carbons (Fsp3) is 0.200. The molecule has 0 fully saturated rings. The van der Waals surface area contributed by atoms with Crippen LogP contribution in [0, 0.1) is 12.7 Å². The van der Waals surface area contributed by atoms with Gasteiger partial charge in [-0.25, -0.2) is 14.1 Å². The van der Waals surface area contributed by atoms with Gasteiger partial charge in [0.05, 0.1) is 7.21 Å². The number of nitrogens with zero attached hydrogens (tertiary/aromatic N) is 3. The summed E-state index contributed by atoms with van der Waals surface area (Å²) in [6.45, 7) is -1.17. The third-order valence-corrected chi connectivity index (χ3v) is 2.58. The minimum atomic E-state index is -2.70. The lowest BCUT2D eigenvalue weighted by Gasteiger charge is -2.06. The standard InChI is InChI=1S/C10H9BrFN3O/c1-6-13-9(5-16)15(14-6)8-4-2-3-7(11)10(8)12/h2-4,16H,5H2,1H3/i5D2. The van der Waals surface area contributed by atoms with Crippen molar-refractivity contribution in [1.29, 1.82) is 0 Å². The number of aliphatic hydroxyl groups is 1. The Labute approximate surface area is 103 Å². The molecule has 84 valence electrons. The quantitative estimate of drug-likeness (QED) is 0.919. The smallest absolute Gasteiger partial charge is 0.163 e. The van der Waals surface area contributed by atoms with Gasteiger partial charge in [0.1, 0.15) is 18.1 Å². The first-order chi connectivity index (χ1) is 8.30. The van der Waals surface area contributed by atoms with Crippen molar-refractivity contribution in [2.45, 2.75) is 13.5 Å².